The lowest BCUT2D eigenvalue weighted by molar-refractivity contribution is 0.103. The zero-order valence-electron chi connectivity index (χ0n) is 12.5. The lowest BCUT2D eigenvalue weighted by Crippen LogP contribution is -2.12. The van der Waals surface area contributed by atoms with Crippen LogP contribution in [0.15, 0.2) is 30.7 Å². The summed E-state index contributed by atoms with van der Waals surface area (Å²) in [5.41, 5.74) is 2.91. The number of rotatable bonds is 4. The minimum Gasteiger partial charge on any atom is -0.508 e. The van der Waals surface area contributed by atoms with Crippen LogP contribution in [0.25, 0.3) is 0 Å². The monoisotopic (exact) mass is 329 g/mol. The molecule has 0 bridgehead atoms. The van der Waals surface area contributed by atoms with Gasteiger partial charge in [-0.2, -0.15) is 5.10 Å². The third-order valence-electron chi connectivity index (χ3n) is 3.36. The van der Waals surface area contributed by atoms with Crippen molar-refractivity contribution in [3.05, 3.63) is 46.7 Å². The second kappa shape index (κ2) is 6.09. The van der Waals surface area contributed by atoms with Crippen molar-refractivity contribution in [2.45, 2.75) is 13.8 Å². The number of aromatic hydroxyl groups is 1. The standard InChI is InChI=1S/C15H15N5O2S/c1-8-3-4-11(21)9(2)13(8)20-14(22)12-7-16-15(23-12)19-10-5-17-18-6-10/h3-7,21H,1-2H3,(H,16,19)(H,17,18)(H,20,22). The molecule has 0 aliphatic carbocycles. The first-order chi connectivity index (χ1) is 11.0. The number of nitrogens with one attached hydrogen (secondary N) is 3. The Morgan fingerprint density at radius 3 is 2.87 bits per heavy atom. The van der Waals surface area contributed by atoms with E-state index >= 15 is 0 Å². The molecule has 118 valence electrons. The summed E-state index contributed by atoms with van der Waals surface area (Å²) in [6, 6.07) is 3.37. The van der Waals surface area contributed by atoms with E-state index in [9.17, 15) is 9.90 Å². The minimum absolute atomic E-state index is 0.150. The van der Waals surface area contributed by atoms with Gasteiger partial charge in [0.2, 0.25) is 0 Å². The summed E-state index contributed by atoms with van der Waals surface area (Å²) >= 11 is 1.24. The van der Waals surface area contributed by atoms with Gasteiger partial charge in [-0.15, -0.1) is 0 Å². The zero-order valence-corrected chi connectivity index (χ0v) is 13.4. The van der Waals surface area contributed by atoms with Crippen LogP contribution in [0.5, 0.6) is 5.75 Å². The summed E-state index contributed by atoms with van der Waals surface area (Å²) in [5.74, 6) is -0.114. The predicted octanol–water partition coefficient (Wildman–Crippen LogP) is 3.18. The maximum absolute atomic E-state index is 12.4. The molecule has 2 heterocycles. The van der Waals surface area contributed by atoms with Crippen molar-refractivity contribution in [3.63, 3.8) is 0 Å². The van der Waals surface area contributed by atoms with E-state index in [2.05, 4.69) is 25.8 Å². The highest BCUT2D eigenvalue weighted by Crippen LogP contribution is 2.29. The van der Waals surface area contributed by atoms with Crippen LogP contribution < -0.4 is 10.6 Å². The molecule has 0 fully saturated rings. The van der Waals surface area contributed by atoms with E-state index in [0.717, 1.165) is 11.3 Å². The molecule has 0 unspecified atom stereocenters. The van der Waals surface area contributed by atoms with E-state index in [1.54, 1.807) is 31.5 Å². The fourth-order valence-corrected chi connectivity index (χ4v) is 2.81. The molecule has 3 aromatic rings. The summed E-state index contributed by atoms with van der Waals surface area (Å²) < 4.78 is 0. The van der Waals surface area contributed by atoms with Gasteiger partial charge in [0, 0.05) is 11.8 Å². The number of carbonyl (C=O) groups is 1. The molecular formula is C15H15N5O2S. The molecule has 7 nitrogen and oxygen atoms in total. The molecule has 0 saturated carbocycles. The molecule has 4 N–H and O–H groups in total. The Labute approximate surface area is 136 Å². The fraction of sp³-hybridized carbons (Fsp3) is 0.133. The molecule has 23 heavy (non-hydrogen) atoms. The van der Waals surface area contributed by atoms with E-state index in [1.807, 2.05) is 6.92 Å². The van der Waals surface area contributed by atoms with Crippen LogP contribution in [0.3, 0.4) is 0 Å². The van der Waals surface area contributed by atoms with Crippen molar-refractivity contribution in [3.8, 4) is 5.75 Å². The number of anilines is 3. The zero-order chi connectivity index (χ0) is 16.4. The molecule has 1 aromatic carbocycles. The summed E-state index contributed by atoms with van der Waals surface area (Å²) in [6.07, 6.45) is 4.83. The van der Waals surface area contributed by atoms with Gasteiger partial charge in [0.25, 0.3) is 5.91 Å². The first-order valence-electron chi connectivity index (χ1n) is 6.86. The van der Waals surface area contributed by atoms with Crippen LogP contribution in [0.1, 0.15) is 20.8 Å². The van der Waals surface area contributed by atoms with Crippen molar-refractivity contribution in [1.29, 1.82) is 0 Å². The summed E-state index contributed by atoms with van der Waals surface area (Å²) in [5, 5.41) is 22.8. The van der Waals surface area contributed by atoms with E-state index in [0.29, 0.717) is 21.3 Å². The van der Waals surface area contributed by atoms with Gasteiger partial charge in [0.05, 0.1) is 23.8 Å². The molecular weight excluding hydrogens is 314 g/mol. The molecule has 0 aliphatic heterocycles. The van der Waals surface area contributed by atoms with Crippen molar-refractivity contribution in [2.75, 3.05) is 10.6 Å². The number of phenols is 1. The Hall–Kier alpha value is -2.87. The lowest BCUT2D eigenvalue weighted by Gasteiger charge is -2.11. The predicted molar refractivity (Wildman–Crippen MR) is 89.5 cm³/mol. The average Bonchev–Trinajstić information content (AvgIpc) is 3.20. The van der Waals surface area contributed by atoms with Crippen LogP contribution >= 0.6 is 11.3 Å². The van der Waals surface area contributed by atoms with Gasteiger partial charge >= 0.3 is 0 Å². The third-order valence-corrected chi connectivity index (χ3v) is 4.27. The number of aryl methyl sites for hydroxylation is 1. The van der Waals surface area contributed by atoms with Crippen LogP contribution in [-0.4, -0.2) is 26.2 Å². The molecule has 1 amide bonds. The largest absolute Gasteiger partial charge is 0.508 e. The first-order valence-corrected chi connectivity index (χ1v) is 7.68. The van der Waals surface area contributed by atoms with Crippen molar-refractivity contribution >= 4 is 33.8 Å². The van der Waals surface area contributed by atoms with Gasteiger partial charge in [-0.25, -0.2) is 4.98 Å². The number of carbonyl (C=O) groups excluding carboxylic acids is 1. The van der Waals surface area contributed by atoms with Gasteiger partial charge in [-0.3, -0.25) is 9.89 Å². The normalized spacial score (nSPS) is 10.5. The number of aromatic amines is 1. The van der Waals surface area contributed by atoms with Gasteiger partial charge in [-0.05, 0) is 25.5 Å². The van der Waals surface area contributed by atoms with Crippen molar-refractivity contribution in [2.24, 2.45) is 0 Å². The molecule has 0 radical (unpaired) electrons. The molecule has 0 saturated heterocycles. The Morgan fingerprint density at radius 2 is 2.13 bits per heavy atom. The van der Waals surface area contributed by atoms with Crippen LogP contribution in [0, 0.1) is 13.8 Å². The molecule has 0 aliphatic rings. The van der Waals surface area contributed by atoms with Crippen molar-refractivity contribution in [1.82, 2.24) is 15.2 Å². The molecule has 2 aromatic heterocycles. The van der Waals surface area contributed by atoms with E-state index in [4.69, 9.17) is 0 Å². The van der Waals surface area contributed by atoms with Crippen LogP contribution in [0.4, 0.5) is 16.5 Å². The van der Waals surface area contributed by atoms with E-state index < -0.39 is 0 Å². The summed E-state index contributed by atoms with van der Waals surface area (Å²) in [6.45, 7) is 3.64. The number of amides is 1. The quantitative estimate of drug-likeness (QED) is 0.588. The van der Waals surface area contributed by atoms with E-state index in [1.165, 1.54) is 17.5 Å². The number of H-pyrrole nitrogens is 1. The third kappa shape index (κ3) is 3.16. The second-order valence-electron chi connectivity index (χ2n) is 5.00. The molecule has 3 rings (SSSR count). The molecule has 0 spiro atoms. The number of hydrogen-bond donors (Lipinski definition) is 4. The average molecular weight is 329 g/mol. The minimum atomic E-state index is -0.264. The molecule has 0 atom stereocenters. The van der Waals surface area contributed by atoms with E-state index in [-0.39, 0.29) is 11.7 Å². The summed E-state index contributed by atoms with van der Waals surface area (Å²) in [7, 11) is 0. The smallest absolute Gasteiger partial charge is 0.267 e. The number of benzene rings is 1. The number of thiazole rings is 1. The highest BCUT2D eigenvalue weighted by atomic mass is 32.1. The Kier molecular flexibility index (Phi) is 3.98. The Morgan fingerprint density at radius 1 is 1.30 bits per heavy atom. The van der Waals surface area contributed by atoms with Gasteiger partial charge < -0.3 is 15.7 Å². The SMILES string of the molecule is Cc1ccc(O)c(C)c1NC(=O)c1cnc(Nc2cn[nH]c2)s1. The Balaban J connectivity index is 1.77. The lowest BCUT2D eigenvalue weighted by atomic mass is 10.1. The van der Waals surface area contributed by atoms with Crippen LogP contribution in [-0.2, 0) is 0 Å². The van der Waals surface area contributed by atoms with Crippen molar-refractivity contribution < 1.29 is 9.90 Å². The second-order valence-corrected chi connectivity index (χ2v) is 6.03. The topological polar surface area (TPSA) is 103 Å². The fourth-order valence-electron chi connectivity index (χ4n) is 2.08. The number of nitrogens with zero attached hydrogens (tertiary/aromatic N) is 2. The van der Waals surface area contributed by atoms with Gasteiger partial charge in [0.15, 0.2) is 5.13 Å². The number of phenolic OH excluding ortho intramolecular Hbond substituents is 1. The van der Waals surface area contributed by atoms with Gasteiger partial charge in [-0.1, -0.05) is 17.4 Å². The number of aromatic nitrogens is 3. The van der Waals surface area contributed by atoms with Crippen LogP contribution in [0.2, 0.25) is 0 Å². The first kappa shape index (κ1) is 15.0. The van der Waals surface area contributed by atoms with Gasteiger partial charge in [0.1, 0.15) is 10.6 Å². The maximum Gasteiger partial charge on any atom is 0.267 e. The maximum atomic E-state index is 12.4. The Bertz CT molecular complexity index is 842. The number of hydrogen-bond acceptors (Lipinski definition) is 6. The summed E-state index contributed by atoms with van der Waals surface area (Å²) in [4.78, 5) is 17.0. The highest BCUT2D eigenvalue weighted by Gasteiger charge is 2.15. The highest BCUT2D eigenvalue weighted by molar-refractivity contribution is 7.17. The molecule has 8 heteroatoms.